The van der Waals surface area contributed by atoms with Crippen molar-refractivity contribution in [3.05, 3.63) is 212 Å². The van der Waals surface area contributed by atoms with Gasteiger partial charge < -0.3 is 50.3 Å². The number of hydrogen-bond donors (Lipinski definition) is 7. The van der Waals surface area contributed by atoms with Gasteiger partial charge in [0.15, 0.2) is 0 Å². The molecule has 0 aromatic heterocycles. The molecule has 5 heterocycles. The van der Waals surface area contributed by atoms with Crippen LogP contribution >= 0.6 is 0 Å². The molecule has 0 radical (unpaired) electrons. The molecule has 15 nitrogen and oxygen atoms in total. The number of piperidine rings is 3. The first-order valence-electron chi connectivity index (χ1n) is 34.8. The smallest absolute Gasteiger partial charge is 0.416 e. The molecule has 6 aromatic carbocycles. The topological polar surface area (TPSA) is 190 Å². The Morgan fingerprint density at radius 2 is 0.771 bits per heavy atom. The Morgan fingerprint density at radius 1 is 0.450 bits per heavy atom. The lowest BCUT2D eigenvalue weighted by atomic mass is 9.75. The average Bonchev–Trinajstić information content (AvgIpc) is 1.69. The summed E-state index contributed by atoms with van der Waals surface area (Å²) in [6, 6.07) is 32.2. The van der Waals surface area contributed by atoms with Crippen molar-refractivity contribution in [2.24, 2.45) is 0 Å². The molecule has 5 aliphatic rings. The molecule has 2 spiro atoms. The Labute approximate surface area is 615 Å². The van der Waals surface area contributed by atoms with E-state index < -0.39 is 122 Å². The van der Waals surface area contributed by atoms with E-state index in [1.807, 2.05) is 72.8 Å². The summed E-state index contributed by atoms with van der Waals surface area (Å²) in [6.07, 6.45) is -27.3. The largest absolute Gasteiger partial charge is 0.469 e. The third-order valence-corrected chi connectivity index (χ3v) is 21.0. The van der Waals surface area contributed by atoms with E-state index >= 15 is 0 Å². The van der Waals surface area contributed by atoms with Crippen LogP contribution in [0.15, 0.2) is 146 Å². The van der Waals surface area contributed by atoms with E-state index in [1.165, 1.54) is 27.9 Å². The van der Waals surface area contributed by atoms with Crippen molar-refractivity contribution in [2.45, 2.75) is 186 Å². The van der Waals surface area contributed by atoms with Gasteiger partial charge in [-0.3, -0.25) is 14.4 Å². The fraction of sp³-hybridized carbons (Fsp3) is 0.487. The van der Waals surface area contributed by atoms with Crippen molar-refractivity contribution in [3.63, 3.8) is 0 Å². The van der Waals surface area contributed by atoms with Gasteiger partial charge in [0.25, 0.3) is 0 Å². The highest BCUT2D eigenvalue weighted by molar-refractivity contribution is 5.79. The quantitative estimate of drug-likeness (QED) is 0.0230. The first-order valence-corrected chi connectivity index (χ1v) is 34.8. The van der Waals surface area contributed by atoms with Crippen molar-refractivity contribution in [1.82, 2.24) is 32.2 Å². The maximum atomic E-state index is 13.3. The van der Waals surface area contributed by atoms with Crippen LogP contribution in [0.5, 0.6) is 0 Å². The lowest BCUT2D eigenvalue weighted by Gasteiger charge is -2.48. The predicted molar refractivity (Wildman–Crippen MR) is 359 cm³/mol. The first kappa shape index (κ1) is 85.1. The second kappa shape index (κ2) is 33.6. The van der Waals surface area contributed by atoms with E-state index in [1.54, 1.807) is 18.2 Å². The zero-order valence-electron chi connectivity index (χ0n) is 59.3. The minimum absolute atomic E-state index is 0.00560. The molecule has 7 N–H and O–H groups in total. The molecule has 11 rings (SSSR count). The van der Waals surface area contributed by atoms with Crippen LogP contribution in [0.25, 0.3) is 0 Å². The number of halogens is 18. The van der Waals surface area contributed by atoms with Gasteiger partial charge in [-0.1, -0.05) is 91.0 Å². The third kappa shape index (κ3) is 21.4. The van der Waals surface area contributed by atoms with E-state index in [4.69, 9.17) is 19.0 Å². The fourth-order valence-corrected chi connectivity index (χ4v) is 14.1. The molecule has 0 aliphatic carbocycles. The van der Waals surface area contributed by atoms with Crippen molar-refractivity contribution in [2.75, 3.05) is 46.6 Å². The van der Waals surface area contributed by atoms with Gasteiger partial charge in [-0.2, -0.15) is 84.5 Å². The maximum absolute atomic E-state index is 13.3. The number of esters is 1. The molecule has 6 aromatic rings. The van der Waals surface area contributed by atoms with Gasteiger partial charge in [-0.15, -0.1) is 5.48 Å². The van der Waals surface area contributed by atoms with Crippen LogP contribution < -0.4 is 32.2 Å². The van der Waals surface area contributed by atoms with E-state index in [-0.39, 0.29) is 97.9 Å². The van der Waals surface area contributed by atoms with Gasteiger partial charge in [-0.05, 0) is 167 Å². The minimum atomic E-state index is -4.96. The number of amides is 1. The first-order chi connectivity index (χ1) is 50.9. The van der Waals surface area contributed by atoms with E-state index in [2.05, 4.69) is 37.0 Å². The second-order valence-corrected chi connectivity index (χ2v) is 28.4. The highest BCUT2D eigenvalue weighted by atomic mass is 19.4. The molecule has 9 atom stereocenters. The van der Waals surface area contributed by atoms with Gasteiger partial charge in [0.1, 0.15) is 0 Å². The predicted octanol–water partition coefficient (Wildman–Crippen LogP) is 17.1. The summed E-state index contributed by atoms with van der Waals surface area (Å²) in [5.74, 6) is -0.776. The molecule has 1 unspecified atom stereocenters. The van der Waals surface area contributed by atoms with Crippen molar-refractivity contribution >= 4 is 17.8 Å². The second-order valence-electron chi connectivity index (χ2n) is 28.4. The van der Waals surface area contributed by atoms with Crippen LogP contribution in [-0.2, 0) is 91.8 Å². The van der Waals surface area contributed by atoms with E-state index in [9.17, 15) is 98.6 Å². The summed E-state index contributed by atoms with van der Waals surface area (Å²) in [4.78, 5) is 39.9. The van der Waals surface area contributed by atoms with Gasteiger partial charge in [0, 0.05) is 38.9 Å². The Balaban J connectivity index is 0.000000189. The van der Waals surface area contributed by atoms with E-state index in [0.29, 0.717) is 107 Å². The van der Waals surface area contributed by atoms with Crippen molar-refractivity contribution < 1.29 is 122 Å². The maximum Gasteiger partial charge on any atom is 0.416 e. The number of carbonyl (C=O) groups excluding carboxylic acids is 3. The average molecular weight is 1570 g/mol. The van der Waals surface area contributed by atoms with Gasteiger partial charge in [-0.25, -0.2) is 0 Å². The normalized spacial score (nSPS) is 25.1. The summed E-state index contributed by atoms with van der Waals surface area (Å²) in [7, 11) is 1.27. The number of hydroxylamine groups is 2. The summed E-state index contributed by atoms with van der Waals surface area (Å²) in [6.45, 7) is 5.33. The Kier molecular flexibility index (Phi) is 26.2. The molecule has 5 saturated heterocycles. The number of ether oxygens (including phenoxy) is 4. The van der Waals surface area contributed by atoms with Crippen molar-refractivity contribution in [1.29, 1.82) is 0 Å². The number of hydrogen-bond acceptors (Lipinski definition) is 14. The van der Waals surface area contributed by atoms with Crippen molar-refractivity contribution in [3.8, 4) is 0 Å². The molecule has 5 aliphatic heterocycles. The van der Waals surface area contributed by atoms with Gasteiger partial charge >= 0.3 is 49.0 Å². The van der Waals surface area contributed by atoms with Crippen LogP contribution in [0.4, 0.5) is 79.0 Å². The molecule has 596 valence electrons. The molecule has 0 bridgehead atoms. The summed E-state index contributed by atoms with van der Waals surface area (Å²) in [5.41, 5.74) is -5.24. The molecule has 1 amide bonds. The minimum Gasteiger partial charge on any atom is -0.469 e. The number of benzene rings is 6. The molecular weight excluding hydrogens is 1480 g/mol. The molecule has 0 saturated carbocycles. The Bertz CT molecular complexity index is 3930. The molecule has 33 heteroatoms. The lowest BCUT2D eigenvalue weighted by Crippen LogP contribution is -2.64. The SMILES string of the molecule is COC(=O)CC[C@@]1(NO)CC[C@@](CO[C@H](C)c2cc(C(F)(F)F)cc(C(F)(F)F)c2)(c2ccccc2)NC1.C[C@@H](OC[C@@]1(c2ccccc2)CCC2(CCC(=O)ON2)CN1)c1cc(C(F)(F)F)cc(C(F)(F)F)c1.C[C@@H](OC[C@@]1(c2ccccc2)CC[C@]2(CCC(=O)N2)CN1)c1cc(C(F)(F)F)cc(C(F)(F)F)c1. The Hall–Kier alpha value is -7.89. The molecular formula is C76H82F18N6O9. The fourth-order valence-electron chi connectivity index (χ4n) is 14.1. The van der Waals surface area contributed by atoms with Gasteiger partial charge in [0.2, 0.25) is 5.91 Å². The number of methoxy groups -OCH3 is 1. The van der Waals surface area contributed by atoms with Gasteiger partial charge in [0.05, 0.1) is 112 Å². The van der Waals surface area contributed by atoms with Crippen LogP contribution in [0.3, 0.4) is 0 Å². The molecule has 109 heavy (non-hydrogen) atoms. The summed E-state index contributed by atoms with van der Waals surface area (Å²) in [5, 5.41) is 23.2. The lowest BCUT2D eigenvalue weighted by molar-refractivity contribution is -0.167. The van der Waals surface area contributed by atoms with Crippen LogP contribution in [-0.4, -0.2) is 86.2 Å². The third-order valence-electron chi connectivity index (χ3n) is 21.0. The zero-order chi connectivity index (χ0) is 79.9. The highest BCUT2D eigenvalue weighted by Gasteiger charge is 2.51. The zero-order valence-corrected chi connectivity index (χ0v) is 59.3. The highest BCUT2D eigenvalue weighted by Crippen LogP contribution is 2.46. The standard InChI is InChI=1S/C26H30F6N2O4.C25H26F6N2O3.C25H26F6N2O2/c1-17(18-12-20(25(27,28)29)14-21(13-18)26(30,31)32)38-16-24(19-6-4-3-5-7-19)11-10-23(34-36,15-33-24)9-8-22(35)37-2;1-16(17-11-19(24(26,27)28)13-20(12-17)25(29,30)31)35-15-23(18-5-3-2-4-6-18)10-9-22(14-32-23)8-7-21(34)36-33-22;1-16(17-11-19(24(26,27)28)13-20(12-17)25(29,30)31)35-15-23(18-5-3-2-4-6-18)10-9-22(14-32-23)8-7-21(34)33-22/h3-7,12-14,17,33-34,36H,8-11,15-16H2,1-2H3;2-6,11-13,16,32-33H,7-10,14-15H2,1H3;2-6,11-13,16,32H,7-10,14-15H2,1H3,(H,33,34)/t17-,23-,24-;16-,22?,23-;16-,22-,23-/m111/s1. The molecule has 5 fully saturated rings. The summed E-state index contributed by atoms with van der Waals surface area (Å²) < 4.78 is 262. The number of nitrogens with one attached hydrogen (secondary N) is 6. The Morgan fingerprint density at radius 3 is 1.03 bits per heavy atom. The monoisotopic (exact) mass is 1560 g/mol. The van der Waals surface area contributed by atoms with Crippen LogP contribution in [0, 0.1) is 0 Å². The number of alkyl halides is 18. The van der Waals surface area contributed by atoms with Crippen LogP contribution in [0.1, 0.15) is 183 Å². The summed E-state index contributed by atoms with van der Waals surface area (Å²) >= 11 is 0. The number of carbonyl (C=O) groups is 3. The van der Waals surface area contributed by atoms with Crippen LogP contribution in [0.2, 0.25) is 0 Å². The van der Waals surface area contributed by atoms with E-state index in [0.717, 1.165) is 16.7 Å². The number of rotatable bonds is 19.